The first-order valence-corrected chi connectivity index (χ1v) is 6.91. The second-order valence-corrected chi connectivity index (χ2v) is 5.68. The van der Waals surface area contributed by atoms with E-state index in [0.717, 1.165) is 18.9 Å². The Labute approximate surface area is 119 Å². The Hall–Kier alpha value is -1.43. The van der Waals surface area contributed by atoms with Gasteiger partial charge in [0.1, 0.15) is 5.82 Å². The van der Waals surface area contributed by atoms with E-state index < -0.39 is 17.6 Å². The van der Waals surface area contributed by atoms with Crippen LogP contribution in [0.25, 0.3) is 0 Å². The van der Waals surface area contributed by atoms with Gasteiger partial charge in [-0.3, -0.25) is 4.79 Å². The summed E-state index contributed by atoms with van der Waals surface area (Å²) in [7, 11) is 0. The lowest BCUT2D eigenvalue weighted by Crippen LogP contribution is -2.30. The first-order chi connectivity index (χ1) is 9.84. The van der Waals surface area contributed by atoms with Crippen molar-refractivity contribution in [3.05, 3.63) is 35.1 Å². The van der Waals surface area contributed by atoms with Crippen LogP contribution < -0.4 is 0 Å². The van der Waals surface area contributed by atoms with Gasteiger partial charge in [-0.15, -0.1) is 0 Å². The number of rotatable bonds is 2. The Bertz CT molecular complexity index is 555. The summed E-state index contributed by atoms with van der Waals surface area (Å²) < 4.78 is 56.7. The summed E-state index contributed by atoms with van der Waals surface area (Å²) in [5.41, 5.74) is -1.34. The minimum atomic E-state index is -4.75. The normalized spacial score (nSPS) is 28.7. The van der Waals surface area contributed by atoms with E-state index >= 15 is 0 Å². The van der Waals surface area contributed by atoms with Gasteiger partial charge in [0, 0.05) is 11.5 Å². The van der Waals surface area contributed by atoms with E-state index in [1.165, 1.54) is 0 Å². The fourth-order valence-electron chi connectivity index (χ4n) is 3.21. The third-order valence-corrected chi connectivity index (χ3v) is 4.22. The molecule has 2 heterocycles. The molecule has 1 aromatic rings. The number of hydrogen-bond donors (Lipinski definition) is 0. The lowest BCUT2D eigenvalue weighted by atomic mass is 9.87. The molecule has 1 aromatic carbocycles. The summed E-state index contributed by atoms with van der Waals surface area (Å²) in [6, 6.07) is 2.39. The van der Waals surface area contributed by atoms with Crippen molar-refractivity contribution in [1.29, 1.82) is 0 Å². The Morgan fingerprint density at radius 1 is 1.14 bits per heavy atom. The van der Waals surface area contributed by atoms with Gasteiger partial charge in [-0.05, 0) is 37.8 Å². The molecule has 21 heavy (non-hydrogen) atoms. The highest BCUT2D eigenvalue weighted by molar-refractivity contribution is 5.98. The van der Waals surface area contributed by atoms with E-state index in [1.807, 2.05) is 0 Å². The van der Waals surface area contributed by atoms with Gasteiger partial charge in [-0.2, -0.15) is 13.2 Å². The van der Waals surface area contributed by atoms with Gasteiger partial charge in [-0.1, -0.05) is 6.07 Å². The van der Waals surface area contributed by atoms with Crippen molar-refractivity contribution in [3.8, 4) is 0 Å². The maximum Gasteiger partial charge on any atom is 0.419 e. The van der Waals surface area contributed by atoms with Gasteiger partial charge in [0.25, 0.3) is 0 Å². The number of hydrogen-bond acceptors (Lipinski definition) is 2. The monoisotopic (exact) mass is 302 g/mol. The fraction of sp³-hybridized carbons (Fsp3) is 0.533. The molecule has 0 spiro atoms. The van der Waals surface area contributed by atoms with Crippen LogP contribution in [0.5, 0.6) is 0 Å². The Morgan fingerprint density at radius 2 is 1.76 bits per heavy atom. The number of benzene rings is 1. The van der Waals surface area contributed by atoms with Crippen molar-refractivity contribution in [1.82, 2.24) is 0 Å². The van der Waals surface area contributed by atoms with Crippen molar-refractivity contribution in [3.63, 3.8) is 0 Å². The topological polar surface area (TPSA) is 26.3 Å². The second-order valence-electron chi connectivity index (χ2n) is 5.68. The molecule has 2 aliphatic heterocycles. The third kappa shape index (κ3) is 2.81. The zero-order chi connectivity index (χ0) is 15.2. The second kappa shape index (κ2) is 5.09. The molecule has 114 valence electrons. The van der Waals surface area contributed by atoms with Gasteiger partial charge >= 0.3 is 6.18 Å². The number of carbonyl (C=O) groups is 1. The summed E-state index contributed by atoms with van der Waals surface area (Å²) in [5.74, 6) is -1.97. The zero-order valence-electron chi connectivity index (χ0n) is 11.1. The van der Waals surface area contributed by atoms with Crippen molar-refractivity contribution in [2.45, 2.75) is 44.1 Å². The predicted octanol–water partition coefficient (Wildman–Crippen LogP) is 3.98. The molecule has 2 saturated heterocycles. The van der Waals surface area contributed by atoms with Crippen molar-refractivity contribution >= 4 is 5.78 Å². The molecule has 0 amide bonds. The van der Waals surface area contributed by atoms with E-state index in [9.17, 15) is 22.4 Å². The lowest BCUT2D eigenvalue weighted by Gasteiger charge is -2.27. The first kappa shape index (κ1) is 14.5. The summed E-state index contributed by atoms with van der Waals surface area (Å²) in [6.45, 7) is 0. The zero-order valence-corrected chi connectivity index (χ0v) is 11.1. The van der Waals surface area contributed by atoms with Crippen molar-refractivity contribution in [2.24, 2.45) is 5.92 Å². The van der Waals surface area contributed by atoms with Crippen LogP contribution in [-0.4, -0.2) is 18.0 Å². The largest absolute Gasteiger partial charge is 0.419 e. The predicted molar refractivity (Wildman–Crippen MR) is 66.4 cm³/mol. The molecule has 0 radical (unpaired) electrons. The smallest absolute Gasteiger partial charge is 0.375 e. The van der Waals surface area contributed by atoms with Gasteiger partial charge in [0.05, 0.1) is 17.8 Å². The van der Waals surface area contributed by atoms with Crippen LogP contribution in [-0.2, 0) is 10.9 Å². The average molecular weight is 302 g/mol. The molecule has 2 bridgehead atoms. The van der Waals surface area contributed by atoms with Crippen molar-refractivity contribution < 1.29 is 27.1 Å². The van der Waals surface area contributed by atoms with E-state index in [2.05, 4.69) is 0 Å². The standard InChI is InChI=1S/C15H14F4O2/c16-13-7-8(1-4-12(13)15(17,18)19)14(20)9-5-10-2-3-11(6-9)21-10/h1,4,7,9-11H,2-3,5-6H2. The van der Waals surface area contributed by atoms with E-state index in [4.69, 9.17) is 4.74 Å². The molecular weight excluding hydrogens is 288 g/mol. The molecule has 2 unspecified atom stereocenters. The third-order valence-electron chi connectivity index (χ3n) is 4.22. The number of Topliss-reactive ketones (excluding diaryl/α,β-unsaturated/α-hetero) is 1. The van der Waals surface area contributed by atoms with Crippen LogP contribution in [0, 0.1) is 11.7 Å². The highest BCUT2D eigenvalue weighted by Crippen LogP contribution is 2.38. The minimum Gasteiger partial charge on any atom is -0.375 e. The molecule has 0 N–H and O–H groups in total. The fourth-order valence-corrected chi connectivity index (χ4v) is 3.21. The van der Waals surface area contributed by atoms with Crippen LogP contribution in [0.2, 0.25) is 0 Å². The number of carbonyl (C=O) groups excluding carboxylic acids is 1. The maximum absolute atomic E-state index is 13.5. The van der Waals surface area contributed by atoms with E-state index in [1.54, 1.807) is 0 Å². The lowest BCUT2D eigenvalue weighted by molar-refractivity contribution is -0.140. The SMILES string of the molecule is O=C(c1ccc(C(F)(F)F)c(F)c1)C1CC2CCC(C1)O2. The molecule has 2 nitrogen and oxygen atoms in total. The molecule has 0 aromatic heterocycles. The Kier molecular flexibility index (Phi) is 3.51. The van der Waals surface area contributed by atoms with Gasteiger partial charge in [-0.25, -0.2) is 4.39 Å². The minimum absolute atomic E-state index is 0.00630. The summed E-state index contributed by atoms with van der Waals surface area (Å²) >= 11 is 0. The van der Waals surface area contributed by atoms with Gasteiger partial charge < -0.3 is 4.74 Å². The quantitative estimate of drug-likeness (QED) is 0.610. The first-order valence-electron chi connectivity index (χ1n) is 6.91. The van der Waals surface area contributed by atoms with Crippen LogP contribution in [0.3, 0.4) is 0 Å². The van der Waals surface area contributed by atoms with Crippen LogP contribution in [0.15, 0.2) is 18.2 Å². The maximum atomic E-state index is 13.5. The summed E-state index contributed by atoms with van der Waals surface area (Å²) in [6.07, 6.45) is -1.68. The van der Waals surface area contributed by atoms with E-state index in [-0.39, 0.29) is 29.5 Å². The molecule has 0 saturated carbocycles. The number of fused-ring (bicyclic) bond motifs is 2. The molecule has 2 atom stereocenters. The van der Waals surface area contributed by atoms with Crippen molar-refractivity contribution in [2.75, 3.05) is 0 Å². The number of halogens is 4. The Morgan fingerprint density at radius 3 is 2.29 bits per heavy atom. The van der Waals surface area contributed by atoms with E-state index in [0.29, 0.717) is 25.0 Å². The highest BCUT2D eigenvalue weighted by atomic mass is 19.4. The highest BCUT2D eigenvalue weighted by Gasteiger charge is 2.39. The molecule has 0 aliphatic carbocycles. The average Bonchev–Trinajstić information content (AvgIpc) is 2.75. The van der Waals surface area contributed by atoms with Gasteiger partial charge in [0.2, 0.25) is 0 Å². The molecular formula is C15H14F4O2. The van der Waals surface area contributed by atoms with Crippen LogP contribution in [0.4, 0.5) is 17.6 Å². The summed E-state index contributed by atoms with van der Waals surface area (Å²) in [4.78, 5) is 12.3. The number of ketones is 1. The number of alkyl halides is 3. The van der Waals surface area contributed by atoms with Crippen LogP contribution >= 0.6 is 0 Å². The molecule has 2 fully saturated rings. The Balaban J connectivity index is 1.81. The van der Waals surface area contributed by atoms with Gasteiger partial charge in [0.15, 0.2) is 5.78 Å². The molecule has 2 aliphatic rings. The van der Waals surface area contributed by atoms with Crippen LogP contribution in [0.1, 0.15) is 41.6 Å². The summed E-state index contributed by atoms with van der Waals surface area (Å²) in [5, 5.41) is 0. The molecule has 6 heteroatoms. The molecule has 3 rings (SSSR count). The number of ether oxygens (including phenoxy) is 1.